The van der Waals surface area contributed by atoms with E-state index < -0.39 is 0 Å². The number of hydrogen-bond donors (Lipinski definition) is 0. The summed E-state index contributed by atoms with van der Waals surface area (Å²) in [4.78, 5) is 5.19. The van der Waals surface area contributed by atoms with Gasteiger partial charge in [-0.25, -0.2) is 4.98 Å². The third-order valence-electron chi connectivity index (χ3n) is 6.01. The van der Waals surface area contributed by atoms with Crippen LogP contribution in [0.2, 0.25) is 0 Å². The zero-order chi connectivity index (χ0) is 20.2. The van der Waals surface area contributed by atoms with Crippen LogP contribution >= 0.6 is 11.3 Å². The number of fused-ring (bicyclic) bond motifs is 6. The minimum Gasteiger partial charge on any atom is -0.246 e. The van der Waals surface area contributed by atoms with Crippen molar-refractivity contribution in [3.8, 4) is 11.3 Å². The topological polar surface area (TPSA) is 12.9 Å². The van der Waals surface area contributed by atoms with Gasteiger partial charge in [-0.1, -0.05) is 74.5 Å². The third-order valence-corrected chi connectivity index (χ3v) is 7.18. The van der Waals surface area contributed by atoms with E-state index in [9.17, 15) is 0 Å². The van der Waals surface area contributed by atoms with Crippen molar-refractivity contribution in [2.24, 2.45) is 0 Å². The summed E-state index contributed by atoms with van der Waals surface area (Å²) in [6, 6.07) is 30.6. The molecular weight excluding hydrogens is 382 g/mol. The van der Waals surface area contributed by atoms with Crippen LogP contribution in [0.5, 0.6) is 0 Å². The standard InChI is InChI=1S/C28H21NS/c1-17(2)23-16-19(15-18-9-3-4-10-20(18)23)27-28-26(21-11-5-7-13-24(21)29-27)22-12-6-8-14-25(22)30-28/h3-17H,1-2H3. The van der Waals surface area contributed by atoms with Crippen LogP contribution in [0.25, 0.3) is 53.1 Å². The molecule has 2 aromatic heterocycles. The minimum atomic E-state index is 0.452. The van der Waals surface area contributed by atoms with Gasteiger partial charge in [-0.3, -0.25) is 0 Å². The van der Waals surface area contributed by atoms with Crippen LogP contribution in [-0.4, -0.2) is 4.98 Å². The first-order valence-corrected chi connectivity index (χ1v) is 11.3. The maximum absolute atomic E-state index is 5.19. The van der Waals surface area contributed by atoms with Crippen molar-refractivity contribution < 1.29 is 0 Å². The number of aromatic nitrogens is 1. The second kappa shape index (κ2) is 6.65. The first-order chi connectivity index (χ1) is 14.7. The highest BCUT2D eigenvalue weighted by Crippen LogP contribution is 2.43. The van der Waals surface area contributed by atoms with Gasteiger partial charge in [0.25, 0.3) is 0 Å². The molecule has 6 rings (SSSR count). The SMILES string of the molecule is CC(C)c1cc(-c2nc3ccccc3c3c2sc2ccccc23)cc2ccccc12. The minimum absolute atomic E-state index is 0.452. The third kappa shape index (κ3) is 2.57. The van der Waals surface area contributed by atoms with Gasteiger partial charge < -0.3 is 0 Å². The summed E-state index contributed by atoms with van der Waals surface area (Å²) in [5, 5.41) is 6.50. The molecule has 1 nitrogen and oxygen atoms in total. The molecule has 0 saturated carbocycles. The average molecular weight is 404 g/mol. The smallest absolute Gasteiger partial charge is 0.0888 e. The van der Waals surface area contributed by atoms with Crippen molar-refractivity contribution in [3.63, 3.8) is 0 Å². The number of hydrogen-bond acceptors (Lipinski definition) is 2. The largest absolute Gasteiger partial charge is 0.246 e. The monoisotopic (exact) mass is 403 g/mol. The Kier molecular flexibility index (Phi) is 3.90. The molecule has 0 spiro atoms. The van der Waals surface area contributed by atoms with Crippen molar-refractivity contribution in [2.45, 2.75) is 19.8 Å². The van der Waals surface area contributed by atoms with E-state index in [0.717, 1.165) is 11.2 Å². The molecule has 0 aliphatic heterocycles. The molecule has 4 aromatic carbocycles. The van der Waals surface area contributed by atoms with Crippen LogP contribution in [0.15, 0.2) is 84.9 Å². The predicted molar refractivity (Wildman–Crippen MR) is 132 cm³/mol. The number of para-hydroxylation sites is 1. The van der Waals surface area contributed by atoms with Gasteiger partial charge in [0, 0.05) is 26.4 Å². The summed E-state index contributed by atoms with van der Waals surface area (Å²) in [6.45, 7) is 4.54. The summed E-state index contributed by atoms with van der Waals surface area (Å²) < 4.78 is 2.59. The normalized spacial score (nSPS) is 12.0. The van der Waals surface area contributed by atoms with E-state index in [0.29, 0.717) is 5.92 Å². The first kappa shape index (κ1) is 17.6. The van der Waals surface area contributed by atoms with Crippen molar-refractivity contribution in [3.05, 3.63) is 90.5 Å². The Labute approximate surface area is 179 Å². The lowest BCUT2D eigenvalue weighted by Crippen LogP contribution is -1.93. The fourth-order valence-corrected chi connectivity index (χ4v) is 5.81. The molecule has 0 aliphatic carbocycles. The van der Waals surface area contributed by atoms with E-state index in [1.165, 1.54) is 47.5 Å². The van der Waals surface area contributed by atoms with Crippen molar-refractivity contribution in [1.29, 1.82) is 0 Å². The highest BCUT2D eigenvalue weighted by atomic mass is 32.1. The molecular formula is C28H21NS. The van der Waals surface area contributed by atoms with Crippen molar-refractivity contribution >= 4 is 53.2 Å². The predicted octanol–water partition coefficient (Wildman–Crippen LogP) is 8.55. The van der Waals surface area contributed by atoms with Crippen LogP contribution in [0.1, 0.15) is 25.3 Å². The molecule has 144 valence electrons. The molecule has 0 atom stereocenters. The molecule has 0 amide bonds. The van der Waals surface area contributed by atoms with Gasteiger partial charge in [0.05, 0.1) is 15.9 Å². The number of thiophene rings is 1. The van der Waals surface area contributed by atoms with Crippen LogP contribution < -0.4 is 0 Å². The Morgan fingerprint density at radius 3 is 2.27 bits per heavy atom. The van der Waals surface area contributed by atoms with Gasteiger partial charge >= 0.3 is 0 Å². The highest BCUT2D eigenvalue weighted by molar-refractivity contribution is 7.26. The Bertz CT molecular complexity index is 1570. The van der Waals surface area contributed by atoms with E-state index >= 15 is 0 Å². The van der Waals surface area contributed by atoms with Gasteiger partial charge in [0.2, 0.25) is 0 Å². The lowest BCUT2D eigenvalue weighted by molar-refractivity contribution is 0.876. The summed E-state index contributed by atoms with van der Waals surface area (Å²) in [7, 11) is 0. The number of pyridine rings is 1. The van der Waals surface area contributed by atoms with Gasteiger partial charge in [-0.15, -0.1) is 11.3 Å². The highest BCUT2D eigenvalue weighted by Gasteiger charge is 2.17. The fourth-order valence-electron chi connectivity index (χ4n) is 4.58. The molecule has 2 heteroatoms. The summed E-state index contributed by atoms with van der Waals surface area (Å²) >= 11 is 1.86. The zero-order valence-electron chi connectivity index (χ0n) is 17.0. The molecule has 30 heavy (non-hydrogen) atoms. The van der Waals surface area contributed by atoms with Gasteiger partial charge in [-0.05, 0) is 46.5 Å². The van der Waals surface area contributed by atoms with E-state index in [-0.39, 0.29) is 0 Å². The Hall–Kier alpha value is -3.23. The molecule has 0 N–H and O–H groups in total. The quantitative estimate of drug-likeness (QED) is 0.282. The van der Waals surface area contributed by atoms with Gasteiger partial charge in [-0.2, -0.15) is 0 Å². The number of nitrogens with zero attached hydrogens (tertiary/aromatic N) is 1. The molecule has 0 radical (unpaired) electrons. The van der Waals surface area contributed by atoms with Crippen LogP contribution in [0, 0.1) is 0 Å². The van der Waals surface area contributed by atoms with E-state index in [2.05, 4.69) is 98.8 Å². The number of rotatable bonds is 2. The molecule has 0 unspecified atom stereocenters. The molecule has 6 aromatic rings. The van der Waals surface area contributed by atoms with Gasteiger partial charge in [0.1, 0.15) is 0 Å². The number of benzene rings is 4. The lowest BCUT2D eigenvalue weighted by Gasteiger charge is -2.14. The Balaban J connectivity index is 1.79. The van der Waals surface area contributed by atoms with Crippen molar-refractivity contribution in [2.75, 3.05) is 0 Å². The summed E-state index contributed by atoms with van der Waals surface area (Å²) in [6.07, 6.45) is 0. The molecule has 0 bridgehead atoms. The van der Waals surface area contributed by atoms with E-state index in [4.69, 9.17) is 4.98 Å². The summed E-state index contributed by atoms with van der Waals surface area (Å²) in [5.41, 5.74) is 4.74. The second-order valence-electron chi connectivity index (χ2n) is 8.22. The lowest BCUT2D eigenvalue weighted by atomic mass is 9.92. The van der Waals surface area contributed by atoms with Crippen molar-refractivity contribution in [1.82, 2.24) is 4.98 Å². The van der Waals surface area contributed by atoms with Crippen LogP contribution in [0.3, 0.4) is 0 Å². The van der Waals surface area contributed by atoms with E-state index in [1.54, 1.807) is 0 Å². The maximum Gasteiger partial charge on any atom is 0.0888 e. The summed E-state index contributed by atoms with van der Waals surface area (Å²) in [5.74, 6) is 0.452. The molecule has 0 saturated heterocycles. The average Bonchev–Trinajstić information content (AvgIpc) is 3.17. The second-order valence-corrected chi connectivity index (χ2v) is 9.27. The molecule has 2 heterocycles. The Morgan fingerprint density at radius 1 is 0.733 bits per heavy atom. The van der Waals surface area contributed by atoms with Crippen LogP contribution in [-0.2, 0) is 0 Å². The molecule has 0 fully saturated rings. The zero-order valence-corrected chi connectivity index (χ0v) is 17.8. The van der Waals surface area contributed by atoms with E-state index in [1.807, 2.05) is 11.3 Å². The Morgan fingerprint density at radius 2 is 1.43 bits per heavy atom. The van der Waals surface area contributed by atoms with Crippen LogP contribution in [0.4, 0.5) is 0 Å². The maximum atomic E-state index is 5.19. The first-order valence-electron chi connectivity index (χ1n) is 10.4. The molecule has 0 aliphatic rings. The fraction of sp³-hybridized carbons (Fsp3) is 0.107. The van der Waals surface area contributed by atoms with Gasteiger partial charge in [0.15, 0.2) is 0 Å².